The highest BCUT2D eigenvalue weighted by Gasteiger charge is 2.28. The molecule has 1 N–H and O–H groups in total. The fraction of sp³-hybridized carbons (Fsp3) is 0.400. The van der Waals surface area contributed by atoms with Crippen molar-refractivity contribution in [2.24, 2.45) is 5.92 Å². The summed E-state index contributed by atoms with van der Waals surface area (Å²) >= 11 is 0. The van der Waals surface area contributed by atoms with Gasteiger partial charge in [0.05, 0.1) is 20.3 Å². The number of nitrogens with one attached hydrogen (secondary N) is 1. The summed E-state index contributed by atoms with van der Waals surface area (Å²) in [5, 5.41) is 3.56. The van der Waals surface area contributed by atoms with Crippen LogP contribution in [-0.2, 0) is 11.3 Å². The molecule has 2 aromatic rings. The van der Waals surface area contributed by atoms with Crippen molar-refractivity contribution in [2.45, 2.75) is 19.1 Å². The van der Waals surface area contributed by atoms with Crippen molar-refractivity contribution in [3.8, 4) is 11.5 Å². The smallest absolute Gasteiger partial charge is 0.161 e. The van der Waals surface area contributed by atoms with Gasteiger partial charge in [0.15, 0.2) is 11.5 Å². The van der Waals surface area contributed by atoms with Crippen LogP contribution >= 0.6 is 0 Å². The fourth-order valence-electron chi connectivity index (χ4n) is 3.25. The van der Waals surface area contributed by atoms with Gasteiger partial charge in [0.25, 0.3) is 0 Å². The van der Waals surface area contributed by atoms with E-state index in [1.54, 1.807) is 14.2 Å². The molecule has 1 saturated heterocycles. The Balaban J connectivity index is 1.56. The van der Waals surface area contributed by atoms with Gasteiger partial charge in [0, 0.05) is 25.6 Å². The zero-order valence-electron chi connectivity index (χ0n) is 14.3. The average Bonchev–Trinajstić information content (AvgIpc) is 3.11. The number of rotatable bonds is 7. The molecule has 0 amide bonds. The van der Waals surface area contributed by atoms with Crippen molar-refractivity contribution in [2.75, 3.05) is 27.4 Å². The summed E-state index contributed by atoms with van der Waals surface area (Å²) < 4.78 is 16.6. The topological polar surface area (TPSA) is 39.7 Å². The second kappa shape index (κ2) is 8.18. The van der Waals surface area contributed by atoms with Crippen molar-refractivity contribution < 1.29 is 14.2 Å². The first-order chi connectivity index (χ1) is 11.8. The molecular formula is C20H25NO3. The van der Waals surface area contributed by atoms with Crippen molar-refractivity contribution in [3.63, 3.8) is 0 Å². The maximum Gasteiger partial charge on any atom is 0.161 e. The predicted octanol–water partition coefficient (Wildman–Crippen LogP) is 3.57. The summed E-state index contributed by atoms with van der Waals surface area (Å²) in [5.41, 5.74) is 2.45. The normalized spacial score (nSPS) is 20.1. The van der Waals surface area contributed by atoms with Gasteiger partial charge in [-0.05, 0) is 29.7 Å². The Hall–Kier alpha value is -2.04. The maximum absolute atomic E-state index is 5.94. The van der Waals surface area contributed by atoms with Gasteiger partial charge in [-0.25, -0.2) is 0 Å². The van der Waals surface area contributed by atoms with Crippen molar-refractivity contribution in [1.82, 2.24) is 5.32 Å². The maximum atomic E-state index is 5.94. The molecule has 0 unspecified atom stereocenters. The SMILES string of the molecule is COc1ccc(CNC[C@H]2CCO[C@@H]2c2ccccc2)cc1OC. The fourth-order valence-corrected chi connectivity index (χ4v) is 3.25. The first-order valence-corrected chi connectivity index (χ1v) is 8.40. The summed E-state index contributed by atoms with van der Waals surface area (Å²) in [6, 6.07) is 16.5. The summed E-state index contributed by atoms with van der Waals surface area (Å²) in [6.45, 7) is 2.58. The molecule has 1 aliphatic rings. The van der Waals surface area contributed by atoms with E-state index in [4.69, 9.17) is 14.2 Å². The molecule has 4 nitrogen and oxygen atoms in total. The van der Waals surface area contributed by atoms with E-state index in [1.165, 1.54) is 11.1 Å². The highest BCUT2D eigenvalue weighted by molar-refractivity contribution is 5.42. The van der Waals surface area contributed by atoms with E-state index >= 15 is 0 Å². The Labute approximate surface area is 143 Å². The van der Waals surface area contributed by atoms with Crippen LogP contribution < -0.4 is 14.8 Å². The molecule has 0 radical (unpaired) electrons. The third-order valence-electron chi connectivity index (χ3n) is 4.53. The minimum Gasteiger partial charge on any atom is -0.493 e. The largest absolute Gasteiger partial charge is 0.493 e. The van der Waals surface area contributed by atoms with Gasteiger partial charge in [-0.2, -0.15) is 0 Å². The zero-order chi connectivity index (χ0) is 16.8. The molecule has 0 aliphatic carbocycles. The van der Waals surface area contributed by atoms with E-state index in [1.807, 2.05) is 18.2 Å². The highest BCUT2D eigenvalue weighted by atomic mass is 16.5. The molecule has 24 heavy (non-hydrogen) atoms. The van der Waals surface area contributed by atoms with E-state index < -0.39 is 0 Å². The second-order valence-corrected chi connectivity index (χ2v) is 6.07. The zero-order valence-corrected chi connectivity index (χ0v) is 14.3. The van der Waals surface area contributed by atoms with Crippen LogP contribution in [0.25, 0.3) is 0 Å². The van der Waals surface area contributed by atoms with Crippen molar-refractivity contribution in [3.05, 3.63) is 59.7 Å². The molecule has 0 saturated carbocycles. The van der Waals surface area contributed by atoms with Crippen LogP contribution in [0.1, 0.15) is 23.7 Å². The van der Waals surface area contributed by atoms with Crippen LogP contribution in [0.4, 0.5) is 0 Å². The average molecular weight is 327 g/mol. The summed E-state index contributed by atoms with van der Waals surface area (Å²) in [6.07, 6.45) is 1.29. The molecule has 4 heteroatoms. The summed E-state index contributed by atoms with van der Waals surface area (Å²) in [5.74, 6) is 2.03. The first kappa shape index (κ1) is 16.8. The number of ether oxygens (including phenoxy) is 3. The van der Waals surface area contributed by atoms with Gasteiger partial charge in [-0.3, -0.25) is 0 Å². The van der Waals surface area contributed by atoms with E-state index in [0.29, 0.717) is 5.92 Å². The molecular weight excluding hydrogens is 302 g/mol. The standard InChI is InChI=1S/C20H25NO3/c1-22-18-9-8-15(12-19(18)23-2)13-21-14-17-10-11-24-20(17)16-6-4-3-5-7-16/h3-9,12,17,20-21H,10-11,13-14H2,1-2H3/t17-,20-/m1/s1. The minimum absolute atomic E-state index is 0.198. The van der Waals surface area contributed by atoms with Crippen LogP contribution in [0, 0.1) is 5.92 Å². The van der Waals surface area contributed by atoms with Crippen LogP contribution in [0.5, 0.6) is 11.5 Å². The minimum atomic E-state index is 0.198. The van der Waals surface area contributed by atoms with Crippen LogP contribution in [0.15, 0.2) is 48.5 Å². The predicted molar refractivity (Wildman–Crippen MR) is 94.5 cm³/mol. The van der Waals surface area contributed by atoms with Crippen molar-refractivity contribution in [1.29, 1.82) is 0 Å². The van der Waals surface area contributed by atoms with Crippen LogP contribution in [0.3, 0.4) is 0 Å². The first-order valence-electron chi connectivity index (χ1n) is 8.40. The summed E-state index contributed by atoms with van der Waals surface area (Å²) in [4.78, 5) is 0. The summed E-state index contributed by atoms with van der Waals surface area (Å²) in [7, 11) is 3.31. The van der Waals surface area contributed by atoms with E-state index in [0.717, 1.165) is 37.6 Å². The molecule has 0 aromatic heterocycles. The van der Waals surface area contributed by atoms with E-state index in [2.05, 4.69) is 35.6 Å². The second-order valence-electron chi connectivity index (χ2n) is 6.07. The van der Waals surface area contributed by atoms with Gasteiger partial charge in [0.1, 0.15) is 0 Å². The highest BCUT2D eigenvalue weighted by Crippen LogP contribution is 2.34. The Morgan fingerprint density at radius 2 is 1.83 bits per heavy atom. The van der Waals surface area contributed by atoms with Crippen molar-refractivity contribution >= 4 is 0 Å². The molecule has 128 valence electrons. The third-order valence-corrected chi connectivity index (χ3v) is 4.53. The lowest BCUT2D eigenvalue weighted by atomic mass is 9.95. The lowest BCUT2D eigenvalue weighted by Crippen LogP contribution is -2.24. The quantitative estimate of drug-likeness (QED) is 0.844. The van der Waals surface area contributed by atoms with Gasteiger partial charge in [0.2, 0.25) is 0 Å². The molecule has 1 aliphatic heterocycles. The Morgan fingerprint density at radius 1 is 1.04 bits per heavy atom. The van der Waals surface area contributed by atoms with E-state index in [9.17, 15) is 0 Å². The Kier molecular flexibility index (Phi) is 5.72. The lowest BCUT2D eigenvalue weighted by molar-refractivity contribution is 0.0904. The number of benzene rings is 2. The molecule has 1 fully saturated rings. The van der Waals surface area contributed by atoms with Gasteiger partial charge in [-0.15, -0.1) is 0 Å². The Morgan fingerprint density at radius 3 is 2.58 bits per heavy atom. The number of methoxy groups -OCH3 is 2. The lowest BCUT2D eigenvalue weighted by Gasteiger charge is -2.19. The number of hydrogen-bond donors (Lipinski definition) is 1. The monoisotopic (exact) mass is 327 g/mol. The van der Waals surface area contributed by atoms with Crippen LogP contribution in [-0.4, -0.2) is 27.4 Å². The molecule has 3 rings (SSSR count). The third kappa shape index (κ3) is 3.89. The Bertz CT molecular complexity index is 645. The van der Waals surface area contributed by atoms with Gasteiger partial charge < -0.3 is 19.5 Å². The molecule has 0 spiro atoms. The molecule has 2 aromatic carbocycles. The molecule has 2 atom stereocenters. The molecule has 1 heterocycles. The van der Waals surface area contributed by atoms with E-state index in [-0.39, 0.29) is 6.10 Å². The molecule has 0 bridgehead atoms. The van der Waals surface area contributed by atoms with Crippen LogP contribution in [0.2, 0.25) is 0 Å². The van der Waals surface area contributed by atoms with Gasteiger partial charge >= 0.3 is 0 Å². The van der Waals surface area contributed by atoms with Gasteiger partial charge in [-0.1, -0.05) is 36.4 Å². The number of hydrogen-bond acceptors (Lipinski definition) is 4.